The molecule has 0 rings (SSSR count). The number of aliphatic hydroxyl groups excluding tert-OH is 1. The van der Waals surface area contributed by atoms with Crippen LogP contribution in [0.2, 0.25) is 0 Å². The molecule has 0 bridgehead atoms. The minimum Gasteiger partial charge on any atom is -0.392 e. The van der Waals surface area contributed by atoms with Crippen LogP contribution in [0.25, 0.3) is 0 Å². The standard InChI is InChI=1S/C11H25NOS/c1-9(2)8-12-6-5-7-14-11(4)10(3)13/h9-13H,5-8H2,1-4H3. The predicted octanol–water partition coefficient (Wildman–Crippen LogP) is 2.12. The summed E-state index contributed by atoms with van der Waals surface area (Å²) < 4.78 is 0. The molecule has 0 heterocycles. The summed E-state index contributed by atoms with van der Waals surface area (Å²) in [4.78, 5) is 0. The molecule has 0 fully saturated rings. The number of aliphatic hydroxyl groups is 1. The minimum absolute atomic E-state index is 0.191. The maximum Gasteiger partial charge on any atom is 0.0627 e. The number of thioether (sulfide) groups is 1. The molecule has 86 valence electrons. The molecular formula is C11H25NOS. The second-order valence-electron chi connectivity index (χ2n) is 4.27. The van der Waals surface area contributed by atoms with Crippen molar-refractivity contribution >= 4 is 11.8 Å². The van der Waals surface area contributed by atoms with E-state index in [4.69, 9.17) is 0 Å². The fourth-order valence-electron chi connectivity index (χ4n) is 0.996. The highest BCUT2D eigenvalue weighted by atomic mass is 32.2. The van der Waals surface area contributed by atoms with Gasteiger partial charge in [0, 0.05) is 5.25 Å². The van der Waals surface area contributed by atoms with Crippen molar-refractivity contribution < 1.29 is 5.11 Å². The summed E-state index contributed by atoms with van der Waals surface area (Å²) in [6, 6.07) is 0. The van der Waals surface area contributed by atoms with E-state index in [2.05, 4.69) is 26.1 Å². The second kappa shape index (κ2) is 8.57. The van der Waals surface area contributed by atoms with Crippen LogP contribution in [0.3, 0.4) is 0 Å². The smallest absolute Gasteiger partial charge is 0.0627 e. The maximum atomic E-state index is 9.26. The van der Waals surface area contributed by atoms with Gasteiger partial charge in [0.15, 0.2) is 0 Å². The van der Waals surface area contributed by atoms with Gasteiger partial charge in [-0.15, -0.1) is 0 Å². The Morgan fingerprint density at radius 3 is 2.36 bits per heavy atom. The molecule has 0 aromatic carbocycles. The Morgan fingerprint density at radius 2 is 1.86 bits per heavy atom. The molecule has 2 nitrogen and oxygen atoms in total. The highest BCUT2D eigenvalue weighted by molar-refractivity contribution is 7.99. The van der Waals surface area contributed by atoms with Crippen molar-refractivity contribution in [3.05, 3.63) is 0 Å². The Bertz CT molecular complexity index is 128. The third kappa shape index (κ3) is 8.85. The molecule has 2 atom stereocenters. The molecule has 14 heavy (non-hydrogen) atoms. The SMILES string of the molecule is CC(C)CNCCCSC(C)C(C)O. The predicted molar refractivity (Wildman–Crippen MR) is 65.9 cm³/mol. The zero-order valence-electron chi connectivity index (χ0n) is 9.92. The fourth-order valence-corrected chi connectivity index (χ4v) is 1.96. The molecule has 0 aliphatic rings. The van der Waals surface area contributed by atoms with Gasteiger partial charge in [-0.3, -0.25) is 0 Å². The highest BCUT2D eigenvalue weighted by Crippen LogP contribution is 2.14. The van der Waals surface area contributed by atoms with Gasteiger partial charge in [-0.05, 0) is 38.1 Å². The van der Waals surface area contributed by atoms with Crippen LogP contribution in [0.1, 0.15) is 34.1 Å². The molecule has 0 aromatic heterocycles. The van der Waals surface area contributed by atoms with Gasteiger partial charge >= 0.3 is 0 Å². The molecule has 3 heteroatoms. The van der Waals surface area contributed by atoms with Crippen molar-refractivity contribution in [1.29, 1.82) is 0 Å². The van der Waals surface area contributed by atoms with Crippen LogP contribution in [0.15, 0.2) is 0 Å². The quantitative estimate of drug-likeness (QED) is 0.613. The maximum absolute atomic E-state index is 9.26. The van der Waals surface area contributed by atoms with Crippen LogP contribution in [0, 0.1) is 5.92 Å². The summed E-state index contributed by atoms with van der Waals surface area (Å²) in [5, 5.41) is 13.0. The first-order chi connectivity index (χ1) is 6.54. The zero-order valence-corrected chi connectivity index (χ0v) is 10.7. The van der Waals surface area contributed by atoms with Crippen molar-refractivity contribution in [1.82, 2.24) is 5.32 Å². The second-order valence-corrected chi connectivity index (χ2v) is 5.75. The molecule has 0 aliphatic heterocycles. The van der Waals surface area contributed by atoms with E-state index in [1.54, 1.807) is 0 Å². The summed E-state index contributed by atoms with van der Waals surface area (Å²) >= 11 is 1.85. The van der Waals surface area contributed by atoms with Crippen LogP contribution < -0.4 is 5.32 Å². The molecule has 0 spiro atoms. The molecule has 0 aromatic rings. The van der Waals surface area contributed by atoms with Crippen LogP contribution in [-0.4, -0.2) is 35.3 Å². The Labute approximate surface area is 92.9 Å². The monoisotopic (exact) mass is 219 g/mol. The van der Waals surface area contributed by atoms with Crippen molar-refractivity contribution in [2.24, 2.45) is 5.92 Å². The van der Waals surface area contributed by atoms with E-state index in [-0.39, 0.29) is 6.10 Å². The van der Waals surface area contributed by atoms with Gasteiger partial charge in [-0.2, -0.15) is 11.8 Å². The van der Waals surface area contributed by atoms with E-state index in [1.165, 1.54) is 6.42 Å². The molecule has 0 saturated carbocycles. The van der Waals surface area contributed by atoms with E-state index in [9.17, 15) is 5.11 Å². The van der Waals surface area contributed by atoms with Crippen LogP contribution in [0.4, 0.5) is 0 Å². The Hall–Kier alpha value is 0.270. The lowest BCUT2D eigenvalue weighted by Gasteiger charge is -2.14. The van der Waals surface area contributed by atoms with Crippen molar-refractivity contribution in [3.63, 3.8) is 0 Å². The molecule has 0 amide bonds. The third-order valence-electron chi connectivity index (χ3n) is 2.11. The molecule has 0 aliphatic carbocycles. The average molecular weight is 219 g/mol. The van der Waals surface area contributed by atoms with Crippen molar-refractivity contribution in [3.8, 4) is 0 Å². The summed E-state index contributed by atoms with van der Waals surface area (Å²) in [5.41, 5.74) is 0. The first-order valence-corrected chi connectivity index (χ1v) is 6.59. The number of hydrogen-bond acceptors (Lipinski definition) is 3. The van der Waals surface area contributed by atoms with Crippen LogP contribution in [0.5, 0.6) is 0 Å². The molecule has 2 N–H and O–H groups in total. The van der Waals surface area contributed by atoms with Gasteiger partial charge in [0.1, 0.15) is 0 Å². The zero-order chi connectivity index (χ0) is 11.0. The summed E-state index contributed by atoms with van der Waals surface area (Å²) in [6.07, 6.45) is 0.998. The lowest BCUT2D eigenvalue weighted by molar-refractivity contribution is 0.196. The molecule has 2 unspecified atom stereocenters. The van der Waals surface area contributed by atoms with Gasteiger partial charge in [0.05, 0.1) is 6.10 Å². The summed E-state index contributed by atoms with van der Waals surface area (Å²) in [5.74, 6) is 1.87. The number of nitrogens with one attached hydrogen (secondary N) is 1. The minimum atomic E-state index is -0.191. The Kier molecular flexibility index (Phi) is 8.73. The van der Waals surface area contributed by atoms with Gasteiger partial charge in [0.25, 0.3) is 0 Å². The van der Waals surface area contributed by atoms with Crippen LogP contribution in [-0.2, 0) is 0 Å². The average Bonchev–Trinajstić information content (AvgIpc) is 2.09. The summed E-state index contributed by atoms with van der Waals surface area (Å²) in [7, 11) is 0. The van der Waals surface area contributed by atoms with E-state index < -0.39 is 0 Å². The van der Waals surface area contributed by atoms with E-state index in [0.717, 1.165) is 24.8 Å². The molecule has 0 radical (unpaired) electrons. The third-order valence-corrected chi connectivity index (χ3v) is 3.55. The molecular weight excluding hydrogens is 194 g/mol. The fraction of sp³-hybridized carbons (Fsp3) is 1.00. The van der Waals surface area contributed by atoms with Crippen molar-refractivity contribution in [2.45, 2.75) is 45.5 Å². The van der Waals surface area contributed by atoms with Gasteiger partial charge in [-0.25, -0.2) is 0 Å². The molecule has 0 saturated heterocycles. The van der Waals surface area contributed by atoms with E-state index in [0.29, 0.717) is 5.25 Å². The number of hydrogen-bond donors (Lipinski definition) is 2. The van der Waals surface area contributed by atoms with Crippen LogP contribution >= 0.6 is 11.8 Å². The Morgan fingerprint density at radius 1 is 1.21 bits per heavy atom. The normalized spacial score (nSPS) is 15.9. The first kappa shape index (κ1) is 14.3. The lowest BCUT2D eigenvalue weighted by atomic mass is 10.2. The van der Waals surface area contributed by atoms with Crippen molar-refractivity contribution in [2.75, 3.05) is 18.8 Å². The topological polar surface area (TPSA) is 32.3 Å². The van der Waals surface area contributed by atoms with Gasteiger partial charge in [0.2, 0.25) is 0 Å². The van der Waals surface area contributed by atoms with E-state index >= 15 is 0 Å². The Balaban J connectivity index is 3.13. The number of rotatable bonds is 8. The van der Waals surface area contributed by atoms with Gasteiger partial charge < -0.3 is 10.4 Å². The van der Waals surface area contributed by atoms with E-state index in [1.807, 2.05) is 18.7 Å². The largest absolute Gasteiger partial charge is 0.392 e. The van der Waals surface area contributed by atoms with Gasteiger partial charge in [-0.1, -0.05) is 20.8 Å². The highest BCUT2D eigenvalue weighted by Gasteiger charge is 2.07. The first-order valence-electron chi connectivity index (χ1n) is 5.54. The lowest BCUT2D eigenvalue weighted by Crippen LogP contribution is -2.22. The summed E-state index contributed by atoms with van der Waals surface area (Å²) in [6.45, 7) is 10.6.